The lowest BCUT2D eigenvalue weighted by molar-refractivity contribution is -0.117. The second-order valence-corrected chi connectivity index (χ2v) is 7.24. The predicted octanol–water partition coefficient (Wildman–Crippen LogP) is 2.46. The van der Waals surface area contributed by atoms with Gasteiger partial charge in [-0.05, 0) is 40.8 Å². The Bertz CT molecular complexity index is 605. The van der Waals surface area contributed by atoms with Crippen LogP contribution in [0.15, 0.2) is 18.2 Å². The van der Waals surface area contributed by atoms with Gasteiger partial charge in [0, 0.05) is 28.7 Å². The average molecular weight is 419 g/mol. The molecule has 0 bridgehead atoms. The Morgan fingerprint density at radius 3 is 2.71 bits per heavy atom. The molecule has 21 heavy (non-hydrogen) atoms. The van der Waals surface area contributed by atoms with Gasteiger partial charge in [-0.2, -0.15) is 0 Å². The van der Waals surface area contributed by atoms with Crippen molar-refractivity contribution in [2.75, 3.05) is 18.6 Å². The number of ether oxygens (including phenoxy) is 1. The number of hydrogen-bond donors (Lipinski definition) is 0. The molecule has 0 aliphatic carbocycles. The third-order valence-electron chi connectivity index (χ3n) is 3.08. The standard InChI is InChI=1S/C14H14INO4S/c1-8(17)21-10-6-13(18)16(7-10)12-4-3-9(5-11(12)15)14(19)20-2/h3-5,10H,6-7H2,1-2H3. The predicted molar refractivity (Wildman–Crippen MR) is 89.5 cm³/mol. The molecule has 2 rings (SSSR count). The van der Waals surface area contributed by atoms with E-state index in [-0.39, 0.29) is 16.3 Å². The molecule has 1 aliphatic rings. The molecule has 0 spiro atoms. The van der Waals surface area contributed by atoms with E-state index in [1.165, 1.54) is 25.8 Å². The topological polar surface area (TPSA) is 63.7 Å². The van der Waals surface area contributed by atoms with E-state index in [2.05, 4.69) is 27.3 Å². The zero-order valence-corrected chi connectivity index (χ0v) is 14.6. The monoisotopic (exact) mass is 419 g/mol. The van der Waals surface area contributed by atoms with Crippen LogP contribution in [0.25, 0.3) is 0 Å². The van der Waals surface area contributed by atoms with E-state index in [9.17, 15) is 14.4 Å². The van der Waals surface area contributed by atoms with Gasteiger partial charge in [0.1, 0.15) is 0 Å². The highest BCUT2D eigenvalue weighted by atomic mass is 127. The molecule has 0 saturated carbocycles. The molecule has 1 aliphatic heterocycles. The molecule has 0 aromatic heterocycles. The van der Waals surface area contributed by atoms with Crippen molar-refractivity contribution in [1.29, 1.82) is 0 Å². The van der Waals surface area contributed by atoms with E-state index in [1.807, 2.05) is 0 Å². The fraction of sp³-hybridized carbons (Fsp3) is 0.357. The SMILES string of the molecule is COC(=O)c1ccc(N2CC(SC(C)=O)CC2=O)c(I)c1. The third-order valence-corrected chi connectivity index (χ3v) is 4.93. The smallest absolute Gasteiger partial charge is 0.337 e. The van der Waals surface area contributed by atoms with Crippen LogP contribution < -0.4 is 4.90 Å². The minimum atomic E-state index is -0.405. The van der Waals surface area contributed by atoms with Crippen LogP contribution >= 0.6 is 34.4 Å². The number of esters is 1. The van der Waals surface area contributed by atoms with Crippen molar-refractivity contribution >= 4 is 57.0 Å². The van der Waals surface area contributed by atoms with Gasteiger partial charge < -0.3 is 9.64 Å². The van der Waals surface area contributed by atoms with E-state index >= 15 is 0 Å². The van der Waals surface area contributed by atoms with Gasteiger partial charge in [-0.25, -0.2) is 4.79 Å². The van der Waals surface area contributed by atoms with Crippen LogP contribution in [-0.2, 0) is 14.3 Å². The first kappa shape index (κ1) is 16.3. The summed E-state index contributed by atoms with van der Waals surface area (Å²) in [7, 11) is 1.33. The van der Waals surface area contributed by atoms with E-state index in [4.69, 9.17) is 0 Å². The van der Waals surface area contributed by atoms with Crippen molar-refractivity contribution in [3.63, 3.8) is 0 Å². The molecule has 1 atom stereocenters. The van der Waals surface area contributed by atoms with Crippen LogP contribution in [0.5, 0.6) is 0 Å². The number of benzene rings is 1. The number of rotatable bonds is 3. The van der Waals surface area contributed by atoms with Crippen molar-refractivity contribution in [3.05, 3.63) is 27.3 Å². The maximum atomic E-state index is 12.1. The maximum Gasteiger partial charge on any atom is 0.337 e. The summed E-state index contributed by atoms with van der Waals surface area (Å²) in [5.41, 5.74) is 1.21. The summed E-state index contributed by atoms with van der Waals surface area (Å²) in [6.07, 6.45) is 0.360. The lowest BCUT2D eigenvalue weighted by Gasteiger charge is -2.18. The highest BCUT2D eigenvalue weighted by molar-refractivity contribution is 14.1. The number of carbonyl (C=O) groups is 3. The summed E-state index contributed by atoms with van der Waals surface area (Å²) >= 11 is 3.30. The van der Waals surface area contributed by atoms with Crippen LogP contribution in [0.4, 0.5) is 5.69 Å². The van der Waals surface area contributed by atoms with Gasteiger partial charge in [0.05, 0.1) is 18.4 Å². The van der Waals surface area contributed by atoms with E-state index < -0.39 is 5.97 Å². The van der Waals surface area contributed by atoms with Gasteiger partial charge in [0.2, 0.25) is 5.91 Å². The largest absolute Gasteiger partial charge is 0.465 e. The normalized spacial score (nSPS) is 18.0. The molecule has 0 N–H and O–H groups in total. The summed E-state index contributed by atoms with van der Waals surface area (Å²) < 4.78 is 5.48. The molecular weight excluding hydrogens is 405 g/mol. The Balaban J connectivity index is 2.20. The van der Waals surface area contributed by atoms with Gasteiger partial charge in [0.15, 0.2) is 5.12 Å². The van der Waals surface area contributed by atoms with Crippen molar-refractivity contribution in [1.82, 2.24) is 0 Å². The minimum absolute atomic E-state index is 0.00233. The van der Waals surface area contributed by atoms with Crippen molar-refractivity contribution in [3.8, 4) is 0 Å². The van der Waals surface area contributed by atoms with Crippen molar-refractivity contribution < 1.29 is 19.1 Å². The number of amides is 1. The maximum absolute atomic E-state index is 12.1. The minimum Gasteiger partial charge on any atom is -0.465 e. The van der Waals surface area contributed by atoms with Gasteiger partial charge >= 0.3 is 5.97 Å². The van der Waals surface area contributed by atoms with Gasteiger partial charge in [-0.15, -0.1) is 0 Å². The molecule has 0 radical (unpaired) electrons. The van der Waals surface area contributed by atoms with Crippen LogP contribution in [0.1, 0.15) is 23.7 Å². The van der Waals surface area contributed by atoms with E-state index in [0.717, 1.165) is 9.26 Å². The van der Waals surface area contributed by atoms with Crippen LogP contribution in [0, 0.1) is 3.57 Å². The zero-order valence-electron chi connectivity index (χ0n) is 11.6. The van der Waals surface area contributed by atoms with Crippen molar-refractivity contribution in [2.24, 2.45) is 0 Å². The number of hydrogen-bond acceptors (Lipinski definition) is 5. The van der Waals surface area contributed by atoms with Crippen LogP contribution in [0.3, 0.4) is 0 Å². The summed E-state index contributed by atoms with van der Waals surface area (Å²) in [6.45, 7) is 2.02. The number of anilines is 1. The summed E-state index contributed by atoms with van der Waals surface area (Å²) in [6, 6.07) is 5.08. The molecule has 7 heteroatoms. The number of methoxy groups -OCH3 is 1. The summed E-state index contributed by atoms with van der Waals surface area (Å²) in [5.74, 6) is -0.408. The van der Waals surface area contributed by atoms with Crippen LogP contribution in [-0.4, -0.2) is 35.9 Å². The van der Waals surface area contributed by atoms with Gasteiger partial charge in [-0.3, -0.25) is 9.59 Å². The van der Waals surface area contributed by atoms with Crippen LogP contribution in [0.2, 0.25) is 0 Å². The van der Waals surface area contributed by atoms with E-state index in [1.54, 1.807) is 23.1 Å². The molecule has 1 heterocycles. The number of thioether (sulfide) groups is 1. The Hall–Kier alpha value is -1.09. The Labute approximate surface area is 140 Å². The molecule has 1 aromatic carbocycles. The molecule has 1 amide bonds. The Morgan fingerprint density at radius 2 is 2.14 bits per heavy atom. The van der Waals surface area contributed by atoms with Gasteiger partial charge in [-0.1, -0.05) is 11.8 Å². The number of halogens is 1. The first-order valence-electron chi connectivity index (χ1n) is 6.28. The average Bonchev–Trinajstić information content (AvgIpc) is 2.77. The molecule has 112 valence electrons. The fourth-order valence-corrected chi connectivity index (χ4v) is 3.92. The van der Waals surface area contributed by atoms with E-state index in [0.29, 0.717) is 18.5 Å². The summed E-state index contributed by atoms with van der Waals surface area (Å²) in [5, 5.41) is 0.0106. The first-order valence-corrected chi connectivity index (χ1v) is 8.23. The quantitative estimate of drug-likeness (QED) is 0.557. The van der Waals surface area contributed by atoms with Crippen molar-refractivity contribution in [2.45, 2.75) is 18.6 Å². The summed E-state index contributed by atoms with van der Waals surface area (Å²) in [4.78, 5) is 36.4. The molecular formula is C14H14INO4S. The molecule has 5 nitrogen and oxygen atoms in total. The second kappa shape index (κ2) is 6.78. The molecule has 1 fully saturated rings. The lowest BCUT2D eigenvalue weighted by Crippen LogP contribution is -2.26. The highest BCUT2D eigenvalue weighted by Gasteiger charge is 2.32. The Kier molecular flexibility index (Phi) is 5.26. The molecule has 1 unspecified atom stereocenters. The number of carbonyl (C=O) groups excluding carboxylic acids is 3. The lowest BCUT2D eigenvalue weighted by atomic mass is 10.2. The first-order chi connectivity index (χ1) is 9.92. The fourth-order valence-electron chi connectivity index (χ4n) is 2.19. The number of nitrogens with zero attached hydrogens (tertiary/aromatic N) is 1. The highest BCUT2D eigenvalue weighted by Crippen LogP contribution is 2.32. The second-order valence-electron chi connectivity index (χ2n) is 4.60. The zero-order chi connectivity index (χ0) is 15.6. The molecule has 1 aromatic rings. The Morgan fingerprint density at radius 1 is 1.43 bits per heavy atom. The third kappa shape index (κ3) is 3.76. The molecule has 1 saturated heterocycles. The van der Waals surface area contributed by atoms with Gasteiger partial charge in [0.25, 0.3) is 0 Å².